The molecule has 0 atom stereocenters. The highest BCUT2D eigenvalue weighted by molar-refractivity contribution is 5.87. The van der Waals surface area contributed by atoms with E-state index in [1.54, 1.807) is 0 Å². The van der Waals surface area contributed by atoms with Crippen molar-refractivity contribution in [2.75, 3.05) is 20.2 Å². The van der Waals surface area contributed by atoms with Crippen molar-refractivity contribution in [2.45, 2.75) is 6.42 Å². The van der Waals surface area contributed by atoms with Crippen molar-refractivity contribution in [3.05, 3.63) is 29.6 Å². The third kappa shape index (κ3) is 5.89. The number of halogens is 1. The second-order valence-electron chi connectivity index (χ2n) is 4.09. The van der Waals surface area contributed by atoms with Crippen LogP contribution in [0.3, 0.4) is 0 Å². The molecule has 0 saturated heterocycles. The van der Waals surface area contributed by atoms with E-state index in [-0.39, 0.29) is 18.7 Å². The van der Waals surface area contributed by atoms with Crippen LogP contribution in [0.1, 0.15) is 5.56 Å². The first kappa shape index (κ1) is 16.4. The summed E-state index contributed by atoms with van der Waals surface area (Å²) in [6.45, 7) is -0.858. The molecule has 0 bridgehead atoms. The highest BCUT2D eigenvalue weighted by atomic mass is 19.1. The highest BCUT2D eigenvalue weighted by Crippen LogP contribution is 2.17. The van der Waals surface area contributed by atoms with Crippen molar-refractivity contribution in [1.29, 1.82) is 0 Å². The zero-order valence-corrected chi connectivity index (χ0v) is 11.3. The molecule has 0 aliphatic heterocycles. The second kappa shape index (κ2) is 7.83. The number of benzene rings is 1. The van der Waals surface area contributed by atoms with Gasteiger partial charge < -0.3 is 20.5 Å². The molecule has 21 heavy (non-hydrogen) atoms. The Bertz CT molecular complexity index is 547. The van der Waals surface area contributed by atoms with Crippen LogP contribution < -0.4 is 15.4 Å². The number of hydrogen-bond donors (Lipinski definition) is 3. The number of rotatable bonds is 7. The molecule has 0 unspecified atom stereocenters. The van der Waals surface area contributed by atoms with E-state index in [0.717, 1.165) is 0 Å². The fourth-order valence-corrected chi connectivity index (χ4v) is 1.48. The quantitative estimate of drug-likeness (QED) is 0.640. The van der Waals surface area contributed by atoms with Gasteiger partial charge >= 0.3 is 5.97 Å². The number of hydrogen-bond acceptors (Lipinski definition) is 4. The lowest BCUT2D eigenvalue weighted by Gasteiger charge is -2.07. The SMILES string of the molecule is COc1ccc(CC(=O)NCC(=O)NCC(=O)O)cc1F. The molecule has 1 aromatic rings. The van der Waals surface area contributed by atoms with Gasteiger partial charge in [0.25, 0.3) is 0 Å². The summed E-state index contributed by atoms with van der Waals surface area (Å²) in [5, 5.41) is 12.8. The van der Waals surface area contributed by atoms with Crippen molar-refractivity contribution in [2.24, 2.45) is 0 Å². The Morgan fingerprint density at radius 1 is 1.19 bits per heavy atom. The zero-order chi connectivity index (χ0) is 15.8. The molecule has 0 aliphatic rings. The molecule has 1 rings (SSSR count). The number of carbonyl (C=O) groups excluding carboxylic acids is 2. The lowest BCUT2D eigenvalue weighted by atomic mass is 10.1. The average Bonchev–Trinajstić information content (AvgIpc) is 2.43. The van der Waals surface area contributed by atoms with Crippen LogP contribution in [0, 0.1) is 5.82 Å². The van der Waals surface area contributed by atoms with Gasteiger partial charge in [-0.15, -0.1) is 0 Å². The third-order valence-electron chi connectivity index (χ3n) is 2.46. The fraction of sp³-hybridized carbons (Fsp3) is 0.308. The Balaban J connectivity index is 2.41. The van der Waals surface area contributed by atoms with Crippen molar-refractivity contribution in [3.8, 4) is 5.75 Å². The van der Waals surface area contributed by atoms with Gasteiger partial charge in [0.15, 0.2) is 11.6 Å². The first-order valence-electron chi connectivity index (χ1n) is 6.00. The summed E-state index contributed by atoms with van der Waals surface area (Å²) < 4.78 is 18.2. The van der Waals surface area contributed by atoms with Gasteiger partial charge in [-0.2, -0.15) is 0 Å². The Kier molecular flexibility index (Phi) is 6.12. The predicted molar refractivity (Wildman–Crippen MR) is 70.3 cm³/mol. The van der Waals surface area contributed by atoms with E-state index in [9.17, 15) is 18.8 Å². The number of amides is 2. The van der Waals surface area contributed by atoms with Gasteiger partial charge in [0.05, 0.1) is 20.1 Å². The minimum atomic E-state index is -1.18. The van der Waals surface area contributed by atoms with Gasteiger partial charge in [-0.3, -0.25) is 14.4 Å². The first-order valence-corrected chi connectivity index (χ1v) is 6.00. The van der Waals surface area contributed by atoms with E-state index in [1.165, 1.54) is 25.3 Å². The Morgan fingerprint density at radius 2 is 1.86 bits per heavy atom. The molecule has 114 valence electrons. The van der Waals surface area contributed by atoms with Crippen molar-refractivity contribution in [3.63, 3.8) is 0 Å². The molecular weight excluding hydrogens is 283 g/mol. The van der Waals surface area contributed by atoms with Crippen molar-refractivity contribution in [1.82, 2.24) is 10.6 Å². The van der Waals surface area contributed by atoms with Gasteiger partial charge in [0.2, 0.25) is 11.8 Å². The van der Waals surface area contributed by atoms with E-state index >= 15 is 0 Å². The zero-order valence-electron chi connectivity index (χ0n) is 11.3. The summed E-state index contributed by atoms with van der Waals surface area (Å²) in [6.07, 6.45) is -0.104. The maximum absolute atomic E-state index is 13.4. The average molecular weight is 298 g/mol. The normalized spacial score (nSPS) is 9.81. The first-order chi connectivity index (χ1) is 9.92. The van der Waals surface area contributed by atoms with Crippen molar-refractivity contribution < 1.29 is 28.6 Å². The lowest BCUT2D eigenvalue weighted by molar-refractivity contribution is -0.137. The van der Waals surface area contributed by atoms with Crippen LogP contribution in [0.4, 0.5) is 4.39 Å². The summed E-state index contributed by atoms with van der Waals surface area (Å²) in [6, 6.07) is 4.10. The summed E-state index contributed by atoms with van der Waals surface area (Å²) >= 11 is 0. The Morgan fingerprint density at radius 3 is 2.43 bits per heavy atom. The molecule has 0 aromatic heterocycles. The molecule has 0 saturated carbocycles. The van der Waals surface area contributed by atoms with E-state index in [1.807, 2.05) is 0 Å². The van der Waals surface area contributed by atoms with E-state index in [2.05, 4.69) is 10.6 Å². The largest absolute Gasteiger partial charge is 0.494 e. The van der Waals surface area contributed by atoms with Gasteiger partial charge in [-0.1, -0.05) is 6.07 Å². The van der Waals surface area contributed by atoms with E-state index in [0.29, 0.717) is 5.56 Å². The van der Waals surface area contributed by atoms with Gasteiger partial charge in [-0.05, 0) is 17.7 Å². The Hall–Kier alpha value is -2.64. The second-order valence-corrected chi connectivity index (χ2v) is 4.09. The van der Waals surface area contributed by atoms with Crippen LogP contribution in [0.15, 0.2) is 18.2 Å². The molecule has 7 nitrogen and oxygen atoms in total. The number of ether oxygens (including phenoxy) is 1. The topological polar surface area (TPSA) is 105 Å². The number of aliphatic carboxylic acids is 1. The molecular formula is C13H15FN2O5. The van der Waals surface area contributed by atoms with Crippen LogP contribution in [-0.4, -0.2) is 43.1 Å². The fourth-order valence-electron chi connectivity index (χ4n) is 1.48. The number of carbonyl (C=O) groups is 3. The molecule has 0 heterocycles. The van der Waals surface area contributed by atoms with Crippen molar-refractivity contribution >= 4 is 17.8 Å². The van der Waals surface area contributed by atoms with Crippen LogP contribution in [0.25, 0.3) is 0 Å². The summed E-state index contributed by atoms with van der Waals surface area (Å²) in [5.41, 5.74) is 0.428. The number of methoxy groups -OCH3 is 1. The van der Waals surface area contributed by atoms with Gasteiger partial charge in [-0.25, -0.2) is 4.39 Å². The molecule has 0 spiro atoms. The van der Waals surface area contributed by atoms with E-state index in [4.69, 9.17) is 9.84 Å². The standard InChI is InChI=1S/C13H15FN2O5/c1-21-10-3-2-8(4-9(10)14)5-11(17)15-6-12(18)16-7-13(19)20/h2-4H,5-7H2,1H3,(H,15,17)(H,16,18)(H,19,20). The molecule has 8 heteroatoms. The monoisotopic (exact) mass is 298 g/mol. The van der Waals surface area contributed by atoms with Crippen LogP contribution in [-0.2, 0) is 20.8 Å². The highest BCUT2D eigenvalue weighted by Gasteiger charge is 2.09. The maximum Gasteiger partial charge on any atom is 0.322 e. The number of carboxylic acids is 1. The van der Waals surface area contributed by atoms with Crippen LogP contribution >= 0.6 is 0 Å². The number of carboxylic acid groups (broad SMARTS) is 1. The molecule has 0 aliphatic carbocycles. The van der Waals surface area contributed by atoms with Gasteiger partial charge in [0, 0.05) is 0 Å². The van der Waals surface area contributed by atoms with Crippen LogP contribution in [0.2, 0.25) is 0 Å². The summed E-state index contributed by atoms with van der Waals surface area (Å²) in [7, 11) is 1.33. The van der Waals surface area contributed by atoms with Crippen LogP contribution in [0.5, 0.6) is 5.75 Å². The summed E-state index contributed by atoms with van der Waals surface area (Å²) in [4.78, 5) is 33.0. The third-order valence-corrected chi connectivity index (χ3v) is 2.46. The Labute approximate surface area is 120 Å². The lowest BCUT2D eigenvalue weighted by Crippen LogP contribution is -2.39. The summed E-state index contributed by atoms with van der Waals surface area (Å²) in [5.74, 6) is -2.78. The molecule has 2 amide bonds. The van der Waals surface area contributed by atoms with Gasteiger partial charge in [0.1, 0.15) is 6.54 Å². The smallest absolute Gasteiger partial charge is 0.322 e. The maximum atomic E-state index is 13.4. The minimum Gasteiger partial charge on any atom is -0.494 e. The minimum absolute atomic E-state index is 0.0761. The predicted octanol–water partition coefficient (Wildman–Crippen LogP) is -0.306. The molecule has 1 aromatic carbocycles. The molecule has 0 fully saturated rings. The molecule has 3 N–H and O–H groups in total. The number of nitrogens with one attached hydrogen (secondary N) is 2. The molecule has 0 radical (unpaired) electrons. The van der Waals surface area contributed by atoms with E-state index < -0.39 is 30.1 Å².